The number of non-ortho nitro benzene ring substituents is 1. The lowest BCUT2D eigenvalue weighted by Crippen LogP contribution is -2.20. The molecule has 0 aliphatic carbocycles. The van der Waals surface area contributed by atoms with E-state index in [4.69, 9.17) is 5.41 Å². The van der Waals surface area contributed by atoms with Crippen molar-refractivity contribution in [1.82, 2.24) is 9.97 Å². The van der Waals surface area contributed by atoms with E-state index in [1.807, 2.05) is 0 Å². The van der Waals surface area contributed by atoms with Gasteiger partial charge in [-0.1, -0.05) is 0 Å². The zero-order valence-corrected chi connectivity index (χ0v) is 11.0. The zero-order chi connectivity index (χ0) is 15.2. The SMILES string of the molecule is N=C1N=S(=O)(O)Nc2nc(-c3ccc([N+](=O)[O-])cc3)[nH]c21. The normalized spacial score (nSPS) is 20.3. The number of amidine groups is 1. The fraction of sp³-hybridized carbons (Fsp3) is 0. The Labute approximate surface area is 118 Å². The van der Waals surface area contributed by atoms with Crippen LogP contribution in [0, 0.1) is 15.5 Å². The number of hydrogen-bond donors (Lipinski definition) is 4. The molecule has 0 saturated heterocycles. The van der Waals surface area contributed by atoms with Crippen LogP contribution in [0.4, 0.5) is 11.5 Å². The summed E-state index contributed by atoms with van der Waals surface area (Å²) in [5.74, 6) is -0.0489. The number of H-pyrrole nitrogens is 1. The average Bonchev–Trinajstić information content (AvgIpc) is 2.81. The molecule has 11 heteroatoms. The lowest BCUT2D eigenvalue weighted by molar-refractivity contribution is -0.384. The first-order valence-electron chi connectivity index (χ1n) is 5.57. The number of nitro benzene ring substituents is 1. The maximum absolute atomic E-state index is 11.5. The van der Waals surface area contributed by atoms with Crippen LogP contribution in [0.3, 0.4) is 0 Å². The Morgan fingerprint density at radius 3 is 2.62 bits per heavy atom. The van der Waals surface area contributed by atoms with E-state index in [1.165, 1.54) is 24.3 Å². The average molecular weight is 308 g/mol. The van der Waals surface area contributed by atoms with Crippen LogP contribution in [0.1, 0.15) is 5.69 Å². The fourth-order valence-corrected chi connectivity index (χ4v) is 2.60. The number of aromatic amines is 1. The first-order chi connectivity index (χ1) is 9.85. The molecule has 1 aliphatic heterocycles. The lowest BCUT2D eigenvalue weighted by atomic mass is 10.2. The van der Waals surface area contributed by atoms with Gasteiger partial charge in [-0.3, -0.25) is 24.8 Å². The molecule has 1 atom stereocenters. The van der Waals surface area contributed by atoms with Gasteiger partial charge in [-0.05, 0) is 12.1 Å². The molecule has 108 valence electrons. The molecule has 10 nitrogen and oxygen atoms in total. The van der Waals surface area contributed by atoms with Gasteiger partial charge in [0.25, 0.3) is 15.9 Å². The summed E-state index contributed by atoms with van der Waals surface area (Å²) in [5, 5.41) is 18.2. The second-order valence-corrected chi connectivity index (χ2v) is 5.53. The first kappa shape index (κ1) is 13.2. The van der Waals surface area contributed by atoms with Gasteiger partial charge in [0.05, 0.1) is 4.92 Å². The molecular weight excluding hydrogens is 300 g/mol. The highest BCUT2D eigenvalue weighted by Crippen LogP contribution is 2.26. The van der Waals surface area contributed by atoms with Crippen LogP contribution in [0.15, 0.2) is 28.6 Å². The van der Waals surface area contributed by atoms with E-state index in [0.717, 1.165) is 0 Å². The van der Waals surface area contributed by atoms with Crippen molar-refractivity contribution >= 4 is 27.5 Å². The molecule has 2 aromatic rings. The molecule has 2 heterocycles. The minimum Gasteiger partial charge on any atom is -0.333 e. The number of anilines is 1. The van der Waals surface area contributed by atoms with Crippen molar-refractivity contribution < 1.29 is 13.7 Å². The van der Waals surface area contributed by atoms with E-state index in [9.17, 15) is 18.9 Å². The van der Waals surface area contributed by atoms with Gasteiger partial charge < -0.3 is 4.98 Å². The van der Waals surface area contributed by atoms with Crippen LogP contribution in [-0.2, 0) is 10.2 Å². The van der Waals surface area contributed by atoms with Gasteiger partial charge in [-0.2, -0.15) is 4.21 Å². The van der Waals surface area contributed by atoms with E-state index in [0.29, 0.717) is 11.4 Å². The molecule has 0 bridgehead atoms. The molecule has 1 aromatic heterocycles. The monoisotopic (exact) mass is 308 g/mol. The molecule has 0 saturated carbocycles. The van der Waals surface area contributed by atoms with Gasteiger partial charge >= 0.3 is 0 Å². The third-order valence-corrected chi connectivity index (χ3v) is 3.63. The minimum absolute atomic E-state index is 0.0378. The smallest absolute Gasteiger partial charge is 0.269 e. The van der Waals surface area contributed by atoms with Crippen LogP contribution in [0.5, 0.6) is 0 Å². The van der Waals surface area contributed by atoms with E-state index < -0.39 is 21.0 Å². The Morgan fingerprint density at radius 1 is 1.33 bits per heavy atom. The molecule has 21 heavy (non-hydrogen) atoms. The summed E-state index contributed by atoms with van der Waals surface area (Å²) in [6, 6.07) is 5.60. The molecule has 0 radical (unpaired) electrons. The molecule has 0 fully saturated rings. The van der Waals surface area contributed by atoms with Crippen LogP contribution in [0.25, 0.3) is 11.4 Å². The van der Waals surface area contributed by atoms with Gasteiger partial charge in [0.1, 0.15) is 11.5 Å². The van der Waals surface area contributed by atoms with Crippen molar-refractivity contribution in [2.45, 2.75) is 0 Å². The second-order valence-electron chi connectivity index (χ2n) is 4.15. The molecule has 0 amide bonds. The third kappa shape index (κ3) is 2.34. The highest BCUT2D eigenvalue weighted by atomic mass is 32.2. The largest absolute Gasteiger partial charge is 0.333 e. The number of nitrogens with one attached hydrogen (secondary N) is 3. The van der Waals surface area contributed by atoms with E-state index >= 15 is 0 Å². The summed E-state index contributed by atoms with van der Waals surface area (Å²) in [5.41, 5.74) is 0.653. The summed E-state index contributed by atoms with van der Waals surface area (Å²) in [7, 11) is -3.70. The van der Waals surface area contributed by atoms with E-state index in [2.05, 4.69) is 19.1 Å². The molecular formula is C10H8N6O4S. The number of rotatable bonds is 2. The van der Waals surface area contributed by atoms with Gasteiger partial charge in [0.2, 0.25) is 0 Å². The van der Waals surface area contributed by atoms with E-state index in [-0.39, 0.29) is 17.2 Å². The van der Waals surface area contributed by atoms with Crippen LogP contribution >= 0.6 is 0 Å². The standard InChI is InChI=1S/C10H8N6O4S/c11-8-7-10(15-21(19,20)14-8)13-9(12-7)5-1-3-6(4-2-5)16(17)18/h1-4H,(H4,11,12,13,14,15,19,20). The Bertz CT molecular complexity index is 877. The summed E-state index contributed by atoms with van der Waals surface area (Å²) in [4.78, 5) is 16.9. The highest BCUT2D eigenvalue weighted by molar-refractivity contribution is 7.89. The van der Waals surface area contributed by atoms with Crippen LogP contribution < -0.4 is 4.72 Å². The summed E-state index contributed by atoms with van der Waals surface area (Å²) in [6.45, 7) is 0. The molecule has 1 unspecified atom stereocenters. The number of benzene rings is 1. The van der Waals surface area contributed by atoms with Crippen molar-refractivity contribution in [3.05, 3.63) is 40.1 Å². The molecule has 0 spiro atoms. The Morgan fingerprint density at radius 2 is 2.00 bits per heavy atom. The van der Waals surface area contributed by atoms with E-state index in [1.54, 1.807) is 0 Å². The highest BCUT2D eigenvalue weighted by Gasteiger charge is 2.24. The Hall–Kier alpha value is -2.79. The quantitative estimate of drug-likeness (QED) is 0.489. The van der Waals surface area contributed by atoms with Crippen molar-refractivity contribution in [2.24, 2.45) is 4.36 Å². The zero-order valence-electron chi connectivity index (χ0n) is 10.2. The predicted molar refractivity (Wildman–Crippen MR) is 74.3 cm³/mol. The van der Waals surface area contributed by atoms with Gasteiger partial charge in [-0.15, -0.1) is 4.36 Å². The fourth-order valence-electron chi connectivity index (χ4n) is 1.81. The van der Waals surface area contributed by atoms with Crippen molar-refractivity contribution in [3.63, 3.8) is 0 Å². The van der Waals surface area contributed by atoms with Gasteiger partial charge in [-0.25, -0.2) is 4.98 Å². The maximum Gasteiger partial charge on any atom is 0.269 e. The topological polar surface area (TPSA) is 157 Å². The molecule has 3 rings (SSSR count). The number of fused-ring (bicyclic) bond motifs is 1. The number of imidazole rings is 1. The molecule has 4 N–H and O–H groups in total. The van der Waals surface area contributed by atoms with Crippen molar-refractivity contribution in [1.29, 1.82) is 5.41 Å². The number of hydrogen-bond acceptors (Lipinski definition) is 5. The number of nitrogens with zero attached hydrogens (tertiary/aromatic N) is 3. The summed E-state index contributed by atoms with van der Waals surface area (Å²) < 4.78 is 26.3. The Kier molecular flexibility index (Phi) is 2.74. The van der Waals surface area contributed by atoms with Crippen molar-refractivity contribution in [2.75, 3.05) is 4.72 Å². The van der Waals surface area contributed by atoms with Crippen LogP contribution in [0.2, 0.25) is 0 Å². The first-order valence-corrected chi connectivity index (χ1v) is 7.04. The third-order valence-electron chi connectivity index (χ3n) is 2.74. The van der Waals surface area contributed by atoms with Crippen molar-refractivity contribution in [3.8, 4) is 11.4 Å². The lowest BCUT2D eigenvalue weighted by Gasteiger charge is -2.10. The Balaban J connectivity index is 2.02. The molecule has 1 aliphatic rings. The number of nitro groups is 1. The second kappa shape index (κ2) is 4.36. The van der Waals surface area contributed by atoms with Gasteiger partial charge in [0, 0.05) is 17.7 Å². The molecule has 1 aromatic carbocycles. The van der Waals surface area contributed by atoms with Gasteiger partial charge in [0.15, 0.2) is 11.7 Å². The predicted octanol–water partition coefficient (Wildman–Crippen LogP) is 1.59. The number of aromatic nitrogens is 2. The maximum atomic E-state index is 11.5. The minimum atomic E-state index is -3.70. The summed E-state index contributed by atoms with van der Waals surface area (Å²) in [6.07, 6.45) is 0. The van der Waals surface area contributed by atoms with Crippen LogP contribution in [-0.4, -0.2) is 29.5 Å². The summed E-state index contributed by atoms with van der Waals surface area (Å²) >= 11 is 0.